The number of carbonyl (C=O) groups excluding carboxylic acids is 1. The van der Waals surface area contributed by atoms with Gasteiger partial charge in [0, 0.05) is 38.0 Å². The Morgan fingerprint density at radius 1 is 1.36 bits per heavy atom. The summed E-state index contributed by atoms with van der Waals surface area (Å²) >= 11 is 0. The van der Waals surface area contributed by atoms with Crippen LogP contribution in [0.2, 0.25) is 0 Å². The maximum Gasteiger partial charge on any atom is 0.270 e. The largest absolute Gasteiger partial charge is 0.377 e. The highest BCUT2D eigenvalue weighted by atomic mass is 16.6. The Morgan fingerprint density at radius 2 is 2.05 bits per heavy atom. The molecule has 1 aromatic rings. The molecule has 122 valence electrons. The zero-order valence-electron chi connectivity index (χ0n) is 13.8. The molecule has 0 aliphatic carbocycles. The summed E-state index contributed by atoms with van der Waals surface area (Å²) in [6, 6.07) is 4.41. The molecule has 1 atom stereocenters. The van der Waals surface area contributed by atoms with Crippen LogP contribution >= 0.6 is 0 Å². The molecule has 6 heteroatoms. The van der Waals surface area contributed by atoms with E-state index in [0.29, 0.717) is 11.3 Å². The number of anilines is 1. The van der Waals surface area contributed by atoms with Crippen LogP contribution in [0.3, 0.4) is 0 Å². The summed E-state index contributed by atoms with van der Waals surface area (Å²) in [6.45, 7) is 4.09. The topological polar surface area (TPSA) is 75.5 Å². The summed E-state index contributed by atoms with van der Waals surface area (Å²) in [5, 5.41) is 13.8. The van der Waals surface area contributed by atoms with Gasteiger partial charge in [-0.3, -0.25) is 14.9 Å². The Balaban J connectivity index is 2.90. The van der Waals surface area contributed by atoms with Crippen molar-refractivity contribution < 1.29 is 9.72 Å². The number of hydrogen-bond acceptors (Lipinski definition) is 4. The normalized spacial score (nSPS) is 11.8. The van der Waals surface area contributed by atoms with E-state index in [-0.39, 0.29) is 17.6 Å². The molecular formula is C16H25N3O3. The molecule has 0 fully saturated rings. The van der Waals surface area contributed by atoms with Gasteiger partial charge in [0.25, 0.3) is 11.6 Å². The highest BCUT2D eigenvalue weighted by molar-refractivity contribution is 6.00. The third-order valence-electron chi connectivity index (χ3n) is 3.54. The summed E-state index contributed by atoms with van der Waals surface area (Å²) < 4.78 is 0. The lowest BCUT2D eigenvalue weighted by Gasteiger charge is -2.19. The van der Waals surface area contributed by atoms with Crippen LogP contribution in [0.25, 0.3) is 0 Å². The van der Waals surface area contributed by atoms with Crippen molar-refractivity contribution in [2.75, 3.05) is 19.0 Å². The van der Waals surface area contributed by atoms with Gasteiger partial charge in [0.2, 0.25) is 0 Å². The lowest BCUT2D eigenvalue weighted by Crippen LogP contribution is -2.33. The second-order valence-corrected chi connectivity index (χ2v) is 5.72. The van der Waals surface area contributed by atoms with Crippen molar-refractivity contribution in [2.45, 2.75) is 45.6 Å². The first kappa shape index (κ1) is 17.9. The SMILES string of the molecule is CCCCCC(C)NC(=O)c1cc([N+](=O)[O-])ccc1N(C)C. The number of non-ortho nitro benzene ring substituents is 1. The van der Waals surface area contributed by atoms with Crippen LogP contribution in [0, 0.1) is 10.1 Å². The molecule has 0 radical (unpaired) electrons. The van der Waals surface area contributed by atoms with E-state index < -0.39 is 4.92 Å². The number of rotatable bonds is 8. The van der Waals surface area contributed by atoms with Gasteiger partial charge in [0.05, 0.1) is 10.5 Å². The van der Waals surface area contributed by atoms with Crippen molar-refractivity contribution in [1.82, 2.24) is 5.32 Å². The molecule has 0 aromatic heterocycles. The van der Waals surface area contributed by atoms with Gasteiger partial charge < -0.3 is 10.2 Å². The maximum absolute atomic E-state index is 12.4. The fourth-order valence-corrected chi connectivity index (χ4v) is 2.28. The number of amides is 1. The van der Waals surface area contributed by atoms with Crippen LogP contribution in [0.5, 0.6) is 0 Å². The first-order valence-corrected chi connectivity index (χ1v) is 7.63. The zero-order valence-corrected chi connectivity index (χ0v) is 13.8. The maximum atomic E-state index is 12.4. The molecule has 0 aliphatic rings. The van der Waals surface area contributed by atoms with Crippen molar-refractivity contribution in [1.29, 1.82) is 0 Å². The summed E-state index contributed by atoms with van der Waals surface area (Å²) in [7, 11) is 3.62. The molecule has 0 bridgehead atoms. The summed E-state index contributed by atoms with van der Waals surface area (Å²) in [4.78, 5) is 24.6. The second kappa shape index (κ2) is 8.36. The van der Waals surface area contributed by atoms with Crippen LogP contribution in [-0.2, 0) is 0 Å². The molecule has 0 saturated heterocycles. The second-order valence-electron chi connectivity index (χ2n) is 5.72. The summed E-state index contributed by atoms with van der Waals surface area (Å²) in [5.41, 5.74) is 0.930. The Kier molecular flexibility index (Phi) is 6.82. The quantitative estimate of drug-likeness (QED) is 0.454. The lowest BCUT2D eigenvalue weighted by molar-refractivity contribution is -0.384. The molecule has 22 heavy (non-hydrogen) atoms. The van der Waals surface area contributed by atoms with Crippen molar-refractivity contribution in [3.63, 3.8) is 0 Å². The number of nitrogens with zero attached hydrogens (tertiary/aromatic N) is 2. The molecule has 1 rings (SSSR count). The summed E-state index contributed by atoms with van der Waals surface area (Å²) in [5.74, 6) is -0.267. The fourth-order valence-electron chi connectivity index (χ4n) is 2.28. The third-order valence-corrected chi connectivity index (χ3v) is 3.54. The Morgan fingerprint density at radius 3 is 2.59 bits per heavy atom. The molecule has 1 N–H and O–H groups in total. The average Bonchev–Trinajstić information content (AvgIpc) is 2.46. The predicted molar refractivity (Wildman–Crippen MR) is 88.5 cm³/mol. The van der Waals surface area contributed by atoms with Gasteiger partial charge in [-0.2, -0.15) is 0 Å². The molecule has 1 unspecified atom stereocenters. The van der Waals surface area contributed by atoms with Gasteiger partial charge in [0.15, 0.2) is 0 Å². The molecular weight excluding hydrogens is 282 g/mol. The first-order chi connectivity index (χ1) is 10.4. The van der Waals surface area contributed by atoms with E-state index in [1.165, 1.54) is 12.1 Å². The molecule has 0 aliphatic heterocycles. The van der Waals surface area contributed by atoms with E-state index >= 15 is 0 Å². The van der Waals surface area contributed by atoms with Gasteiger partial charge in [-0.15, -0.1) is 0 Å². The van der Waals surface area contributed by atoms with Gasteiger partial charge in [-0.25, -0.2) is 0 Å². The highest BCUT2D eigenvalue weighted by Crippen LogP contribution is 2.24. The van der Waals surface area contributed by atoms with Crippen molar-refractivity contribution in [3.05, 3.63) is 33.9 Å². The summed E-state index contributed by atoms with van der Waals surface area (Å²) in [6.07, 6.45) is 4.25. The monoisotopic (exact) mass is 307 g/mol. The minimum Gasteiger partial charge on any atom is -0.377 e. The predicted octanol–water partition coefficient (Wildman–Crippen LogP) is 3.36. The van der Waals surface area contributed by atoms with Crippen LogP contribution in [-0.4, -0.2) is 31.0 Å². The minimum atomic E-state index is -0.485. The number of carbonyl (C=O) groups is 1. The van der Waals surface area contributed by atoms with E-state index in [2.05, 4.69) is 12.2 Å². The molecule has 0 saturated carbocycles. The Bertz CT molecular complexity index is 529. The molecule has 1 amide bonds. The fraction of sp³-hybridized carbons (Fsp3) is 0.562. The minimum absolute atomic E-state index is 0.0494. The van der Waals surface area contributed by atoms with Crippen LogP contribution in [0.15, 0.2) is 18.2 Å². The molecule has 1 aromatic carbocycles. The highest BCUT2D eigenvalue weighted by Gasteiger charge is 2.19. The van der Waals surface area contributed by atoms with E-state index in [1.54, 1.807) is 11.0 Å². The zero-order chi connectivity index (χ0) is 16.7. The molecule has 0 spiro atoms. The molecule has 0 heterocycles. The smallest absolute Gasteiger partial charge is 0.270 e. The number of nitro benzene ring substituents is 1. The van der Waals surface area contributed by atoms with Gasteiger partial charge >= 0.3 is 0 Å². The third kappa shape index (κ3) is 5.02. The Labute approximate surface area is 131 Å². The standard InChI is InChI=1S/C16H25N3O3/c1-5-6-7-8-12(2)17-16(20)14-11-13(19(21)22)9-10-15(14)18(3)4/h9-12H,5-8H2,1-4H3,(H,17,20). The number of nitro groups is 1. The van der Waals surface area contributed by atoms with Gasteiger partial charge in [0.1, 0.15) is 0 Å². The number of nitrogens with one attached hydrogen (secondary N) is 1. The van der Waals surface area contributed by atoms with Crippen molar-refractivity contribution in [3.8, 4) is 0 Å². The average molecular weight is 307 g/mol. The van der Waals surface area contributed by atoms with Crippen molar-refractivity contribution >= 4 is 17.3 Å². The van der Waals surface area contributed by atoms with Gasteiger partial charge in [-0.1, -0.05) is 26.2 Å². The lowest BCUT2D eigenvalue weighted by atomic mass is 10.1. The Hall–Kier alpha value is -2.11. The number of hydrogen-bond donors (Lipinski definition) is 1. The first-order valence-electron chi connectivity index (χ1n) is 7.63. The van der Waals surface area contributed by atoms with E-state index in [1.807, 2.05) is 21.0 Å². The number of benzene rings is 1. The van der Waals surface area contributed by atoms with Gasteiger partial charge in [-0.05, 0) is 19.4 Å². The molecule has 6 nitrogen and oxygen atoms in total. The van der Waals surface area contributed by atoms with Crippen LogP contribution in [0.4, 0.5) is 11.4 Å². The van der Waals surface area contributed by atoms with E-state index in [0.717, 1.165) is 25.7 Å². The van der Waals surface area contributed by atoms with Crippen LogP contribution < -0.4 is 10.2 Å². The van der Waals surface area contributed by atoms with E-state index in [9.17, 15) is 14.9 Å². The number of unbranched alkanes of at least 4 members (excludes halogenated alkanes) is 2. The van der Waals surface area contributed by atoms with Crippen LogP contribution in [0.1, 0.15) is 49.9 Å². The van der Waals surface area contributed by atoms with E-state index in [4.69, 9.17) is 0 Å². The van der Waals surface area contributed by atoms with Crippen molar-refractivity contribution in [2.24, 2.45) is 0 Å².